The summed E-state index contributed by atoms with van der Waals surface area (Å²) in [6, 6.07) is 18.0. The molecule has 2 aromatic carbocycles. The highest BCUT2D eigenvalue weighted by Crippen LogP contribution is 2.75. The van der Waals surface area contributed by atoms with Gasteiger partial charge < -0.3 is 53.6 Å². The normalized spacial score (nSPS) is 53.9. The van der Waals surface area contributed by atoms with E-state index in [0.29, 0.717) is 43.2 Å². The fourth-order valence-electron chi connectivity index (χ4n) is 13.5. The van der Waals surface area contributed by atoms with Gasteiger partial charge in [0.2, 0.25) is 0 Å². The number of aliphatic hydroxyl groups is 4. The maximum Gasteiger partial charge on any atom is 0.338 e. The van der Waals surface area contributed by atoms with E-state index in [2.05, 4.69) is 0 Å². The number of hydrogen-bond donors (Lipinski definition) is 4. The Morgan fingerprint density at radius 2 is 1.53 bits per heavy atom. The molecule has 4 aliphatic carbocycles. The summed E-state index contributed by atoms with van der Waals surface area (Å²) in [6.45, 7) is 7.19. The first kappa shape index (κ1) is 38.7. The second kappa shape index (κ2) is 12.7. The number of ether oxygens (including phenoxy) is 7. The smallest absolute Gasteiger partial charge is 0.338 e. The van der Waals surface area contributed by atoms with Crippen molar-refractivity contribution in [2.45, 2.75) is 149 Å². The van der Waals surface area contributed by atoms with Crippen LogP contribution in [0, 0.1) is 35.5 Å². The molecule has 0 radical (unpaired) electrons. The second-order valence-electron chi connectivity index (χ2n) is 19.6. The van der Waals surface area contributed by atoms with Crippen molar-refractivity contribution in [1.82, 2.24) is 0 Å². The van der Waals surface area contributed by atoms with Crippen LogP contribution in [-0.2, 0) is 43.9 Å². The van der Waals surface area contributed by atoms with E-state index < -0.39 is 118 Å². The van der Waals surface area contributed by atoms with Crippen LogP contribution in [0.1, 0.15) is 82.1 Å². The van der Waals surface area contributed by atoms with Crippen molar-refractivity contribution < 1.29 is 63.2 Å². The second-order valence-corrected chi connectivity index (χ2v) is 19.6. The molecule has 1 spiro atoms. The minimum atomic E-state index is -2.07. The molecule has 13 rings (SSSR count). The van der Waals surface area contributed by atoms with E-state index in [1.807, 2.05) is 50.2 Å². The fraction of sp³-hybridized carbons (Fsp3) is 0.652. The first-order valence-corrected chi connectivity index (χ1v) is 21.5. The van der Waals surface area contributed by atoms with Gasteiger partial charge in [0, 0.05) is 29.4 Å². The first-order valence-electron chi connectivity index (χ1n) is 21.5. The van der Waals surface area contributed by atoms with Gasteiger partial charge in [0.15, 0.2) is 0 Å². The molecule has 0 aromatic heterocycles. The number of hydrogen-bond acceptors (Lipinski definition) is 13. The Labute approximate surface area is 342 Å². The molecule has 13 nitrogen and oxygen atoms in total. The molecule has 11 aliphatic rings. The molecule has 316 valence electrons. The lowest BCUT2D eigenvalue weighted by Crippen LogP contribution is -2.89. The Morgan fingerprint density at radius 1 is 0.847 bits per heavy atom. The third-order valence-corrected chi connectivity index (χ3v) is 16.5. The fourth-order valence-corrected chi connectivity index (χ4v) is 13.5. The van der Waals surface area contributed by atoms with Crippen LogP contribution in [0.15, 0.2) is 72.8 Å². The lowest BCUT2D eigenvalue weighted by molar-refractivity contribution is -0.595. The van der Waals surface area contributed by atoms with E-state index in [4.69, 9.17) is 33.2 Å². The van der Waals surface area contributed by atoms with Crippen LogP contribution in [0.2, 0.25) is 0 Å². The van der Waals surface area contributed by atoms with Gasteiger partial charge in [-0.3, -0.25) is 0 Å². The van der Waals surface area contributed by atoms with Gasteiger partial charge >= 0.3 is 17.9 Å². The molecule has 5 saturated heterocycles. The van der Waals surface area contributed by atoms with E-state index >= 15 is 0 Å². The monoisotopic (exact) mass is 814 g/mol. The zero-order valence-electron chi connectivity index (χ0n) is 33.7. The van der Waals surface area contributed by atoms with Gasteiger partial charge in [-0.15, -0.1) is 0 Å². The van der Waals surface area contributed by atoms with Crippen molar-refractivity contribution in [3.63, 3.8) is 0 Å². The summed E-state index contributed by atoms with van der Waals surface area (Å²) in [5, 5.41) is 52.2. The third-order valence-electron chi connectivity index (χ3n) is 16.5. The number of esters is 2. The van der Waals surface area contributed by atoms with Crippen molar-refractivity contribution >= 4 is 11.9 Å². The molecular formula is C46H54O13. The van der Waals surface area contributed by atoms with Gasteiger partial charge in [0.05, 0.1) is 22.9 Å². The summed E-state index contributed by atoms with van der Waals surface area (Å²) in [5.41, 5.74) is -7.54. The number of benzene rings is 2. The summed E-state index contributed by atoms with van der Waals surface area (Å²) >= 11 is 0. The Hall–Kier alpha value is -3.24. The van der Waals surface area contributed by atoms with Crippen LogP contribution in [0.3, 0.4) is 0 Å². The van der Waals surface area contributed by atoms with E-state index in [1.165, 1.54) is 6.08 Å². The minimum Gasteiger partial charge on any atom is -0.456 e. The van der Waals surface area contributed by atoms with Gasteiger partial charge in [-0.1, -0.05) is 62.4 Å². The van der Waals surface area contributed by atoms with E-state index in [9.17, 15) is 30.0 Å². The van der Waals surface area contributed by atoms with Gasteiger partial charge in [0.25, 0.3) is 0 Å². The number of carbonyl (C=O) groups excluding carboxylic acids is 2. The van der Waals surface area contributed by atoms with Crippen molar-refractivity contribution in [3.8, 4) is 0 Å². The number of rotatable bonds is 3. The summed E-state index contributed by atoms with van der Waals surface area (Å²) in [4.78, 5) is 27.3. The van der Waals surface area contributed by atoms with Crippen molar-refractivity contribution in [2.75, 3.05) is 0 Å². The number of carbonyl (C=O) groups is 2. The average Bonchev–Trinajstić information content (AvgIpc) is 4.14. The summed E-state index contributed by atoms with van der Waals surface area (Å²) < 4.78 is 46.1. The van der Waals surface area contributed by atoms with Crippen molar-refractivity contribution in [2.24, 2.45) is 35.5 Å². The molecule has 10 bridgehead atoms. The van der Waals surface area contributed by atoms with E-state index in [-0.39, 0.29) is 18.3 Å². The largest absolute Gasteiger partial charge is 0.456 e. The molecule has 4 saturated carbocycles. The Balaban J connectivity index is 1.03. The van der Waals surface area contributed by atoms with Crippen LogP contribution in [0.4, 0.5) is 0 Å². The molecule has 7 heterocycles. The standard InChI is InChI=1S/C46H54O13/c1-23-21-30-43(51)35(23)54-31(47)20-19-29-34(53-29)33(55-39(48)27-11-7-5-8-12-27)26-17-15-25(16-18-26)22-41(3,50)45(52)36-24(2)44(30)32(37-42(4,56-37)40(43)49)38(45)58-46(57-36,59-44)28-13-9-6-10-14-28/h5-14,19-20,23-26,29-30,32-38,40,49-52H,15-18,21-22H2,1-4H3/t23-,24+,25?,26?,29+,30+,32-,33-,34+,35-,36-,37-,38+,40+,41+,42-,43+,44-,45-,46-/m0/s1. The molecule has 9 fully saturated rings. The lowest BCUT2D eigenvalue weighted by atomic mass is 9.49. The average molecular weight is 815 g/mol. The highest BCUT2D eigenvalue weighted by atomic mass is 16.9. The highest BCUT2D eigenvalue weighted by Gasteiger charge is 2.90. The van der Waals surface area contributed by atoms with Crippen LogP contribution in [0.5, 0.6) is 0 Å². The Kier molecular flexibility index (Phi) is 8.30. The minimum absolute atomic E-state index is 0.00681. The Morgan fingerprint density at radius 3 is 2.24 bits per heavy atom. The maximum atomic E-state index is 13.8. The van der Waals surface area contributed by atoms with E-state index in [0.717, 1.165) is 0 Å². The van der Waals surface area contributed by atoms with Crippen LogP contribution in [-0.4, -0.2) is 109 Å². The van der Waals surface area contributed by atoms with Crippen molar-refractivity contribution in [1.29, 1.82) is 0 Å². The topological polar surface area (TPSA) is 186 Å². The van der Waals surface area contributed by atoms with Crippen molar-refractivity contribution in [3.05, 3.63) is 83.9 Å². The predicted molar refractivity (Wildman–Crippen MR) is 205 cm³/mol. The molecule has 7 aliphatic heterocycles. The number of fused-ring (bicyclic) bond motifs is 6. The third kappa shape index (κ3) is 5.11. The molecule has 13 heteroatoms. The quantitative estimate of drug-likeness (QED) is 0.260. The molecule has 0 amide bonds. The van der Waals surface area contributed by atoms with Crippen LogP contribution < -0.4 is 0 Å². The number of epoxide rings is 2. The molecule has 4 N–H and O–H groups in total. The predicted octanol–water partition coefficient (Wildman–Crippen LogP) is 3.69. The van der Waals surface area contributed by atoms with Crippen LogP contribution >= 0.6 is 0 Å². The van der Waals surface area contributed by atoms with Crippen LogP contribution in [0.25, 0.3) is 0 Å². The summed E-state index contributed by atoms with van der Waals surface area (Å²) in [7, 11) is 0. The summed E-state index contributed by atoms with van der Waals surface area (Å²) in [6.07, 6.45) is -1.08. The highest BCUT2D eigenvalue weighted by molar-refractivity contribution is 5.89. The summed E-state index contributed by atoms with van der Waals surface area (Å²) in [5.74, 6) is -5.82. The molecule has 0 unspecified atom stereocenters. The molecule has 18 atom stereocenters. The molecule has 59 heavy (non-hydrogen) atoms. The molecular weight excluding hydrogens is 760 g/mol. The van der Waals surface area contributed by atoms with E-state index in [1.54, 1.807) is 44.2 Å². The van der Waals surface area contributed by atoms with Gasteiger partial charge in [-0.25, -0.2) is 9.59 Å². The van der Waals surface area contributed by atoms with Gasteiger partial charge in [-0.05, 0) is 88.3 Å². The zero-order chi connectivity index (χ0) is 41.1. The Bertz CT molecular complexity index is 2050. The number of aliphatic hydroxyl groups excluding tert-OH is 1. The lowest BCUT2D eigenvalue weighted by Gasteiger charge is -2.74. The molecule has 2 aromatic rings. The SMILES string of the molecule is C[C@@H]1[C@@H]2O[C@@]3(c4ccccc4)O[C@@H]4[C@@H]5[C@@H]6O[C@]6(C)[C@@H](O)[C@@]6(O)[C@@H](C[C@H](C)[C@@H]6OC(=O)C=C[C@H]6O[C@H]6[C@@H](OC(=O)c6ccccc6)C6CCC(CC6)C[C@@](C)(O)[C@@]42O)[C@]51O3. The van der Waals surface area contributed by atoms with Gasteiger partial charge in [0.1, 0.15) is 59.5 Å². The van der Waals surface area contributed by atoms with Gasteiger partial charge in [-0.2, -0.15) is 0 Å². The first-order chi connectivity index (χ1) is 28.1. The maximum absolute atomic E-state index is 13.8. The zero-order valence-corrected chi connectivity index (χ0v) is 33.7.